The second-order valence-corrected chi connectivity index (χ2v) is 5.65. The summed E-state index contributed by atoms with van der Waals surface area (Å²) < 4.78 is 2.18. The summed E-state index contributed by atoms with van der Waals surface area (Å²) in [6, 6.07) is 2.71. The molecule has 3 nitrogen and oxygen atoms in total. The lowest BCUT2D eigenvalue weighted by Gasteiger charge is -2.17. The molecule has 0 aliphatic heterocycles. The van der Waals surface area contributed by atoms with Crippen LogP contribution in [-0.4, -0.2) is 15.8 Å². The van der Waals surface area contributed by atoms with Gasteiger partial charge in [-0.05, 0) is 44.6 Å². The van der Waals surface area contributed by atoms with Crippen LogP contribution in [0.5, 0.6) is 0 Å². The van der Waals surface area contributed by atoms with Crippen LogP contribution >= 0.6 is 0 Å². The minimum atomic E-state index is 0.418. The number of aromatic nitrogens is 2. The first-order valence-electron chi connectivity index (χ1n) is 7.54. The van der Waals surface area contributed by atoms with Gasteiger partial charge in [0.05, 0.1) is 5.69 Å². The maximum atomic E-state index is 6.16. The summed E-state index contributed by atoms with van der Waals surface area (Å²) in [5.74, 6) is 0.759. The lowest BCUT2D eigenvalue weighted by Crippen LogP contribution is -2.22. The molecule has 2 N–H and O–H groups in total. The van der Waals surface area contributed by atoms with Crippen LogP contribution < -0.4 is 5.73 Å². The van der Waals surface area contributed by atoms with E-state index in [0.29, 0.717) is 6.04 Å². The molecular formula is C15H27N3. The van der Waals surface area contributed by atoms with Crippen molar-refractivity contribution in [2.45, 2.75) is 71.4 Å². The maximum absolute atomic E-state index is 6.16. The monoisotopic (exact) mass is 249 g/mol. The Balaban J connectivity index is 2.04. The summed E-state index contributed by atoms with van der Waals surface area (Å²) in [5, 5.41) is 4.64. The molecule has 2 atom stereocenters. The van der Waals surface area contributed by atoms with E-state index >= 15 is 0 Å². The predicted octanol–water partition coefficient (Wildman–Crippen LogP) is 2.92. The molecule has 0 aromatic carbocycles. The molecule has 1 aromatic heterocycles. The van der Waals surface area contributed by atoms with Gasteiger partial charge in [-0.2, -0.15) is 5.10 Å². The Morgan fingerprint density at radius 2 is 2.11 bits per heavy atom. The number of hydrogen-bond donors (Lipinski definition) is 1. The third kappa shape index (κ3) is 3.35. The molecular weight excluding hydrogens is 222 g/mol. The predicted molar refractivity (Wildman–Crippen MR) is 75.5 cm³/mol. The normalized spacial score (nSPS) is 25.1. The largest absolute Gasteiger partial charge is 0.328 e. The van der Waals surface area contributed by atoms with Crippen molar-refractivity contribution in [2.75, 3.05) is 0 Å². The van der Waals surface area contributed by atoms with Gasteiger partial charge in [0.15, 0.2) is 0 Å². The van der Waals surface area contributed by atoms with Crippen LogP contribution in [-0.2, 0) is 19.4 Å². The van der Waals surface area contributed by atoms with Gasteiger partial charge in [0.25, 0.3) is 0 Å². The van der Waals surface area contributed by atoms with Gasteiger partial charge in [0.2, 0.25) is 0 Å². The highest BCUT2D eigenvalue weighted by molar-refractivity contribution is 5.11. The summed E-state index contributed by atoms with van der Waals surface area (Å²) in [5.41, 5.74) is 8.80. The highest BCUT2D eigenvalue weighted by atomic mass is 15.3. The molecule has 1 aromatic rings. The number of nitrogens with two attached hydrogens (primary N) is 1. The van der Waals surface area contributed by atoms with Crippen molar-refractivity contribution in [3.05, 3.63) is 17.5 Å². The van der Waals surface area contributed by atoms with Crippen LogP contribution in [0.15, 0.2) is 6.07 Å². The van der Waals surface area contributed by atoms with Crippen LogP contribution in [0, 0.1) is 5.92 Å². The molecule has 18 heavy (non-hydrogen) atoms. The van der Waals surface area contributed by atoms with Crippen molar-refractivity contribution in [3.63, 3.8) is 0 Å². The highest BCUT2D eigenvalue weighted by Gasteiger charge is 2.19. The van der Waals surface area contributed by atoms with Crippen molar-refractivity contribution in [1.82, 2.24) is 9.78 Å². The molecule has 2 unspecified atom stereocenters. The molecule has 1 heterocycles. The molecule has 1 aliphatic carbocycles. The molecule has 2 rings (SSSR count). The summed E-state index contributed by atoms with van der Waals surface area (Å²) in [6.45, 7) is 5.33. The van der Waals surface area contributed by atoms with Gasteiger partial charge < -0.3 is 5.73 Å². The van der Waals surface area contributed by atoms with Crippen LogP contribution in [0.4, 0.5) is 0 Å². The third-order valence-electron chi connectivity index (χ3n) is 4.15. The Morgan fingerprint density at radius 3 is 2.83 bits per heavy atom. The molecule has 0 amide bonds. The van der Waals surface area contributed by atoms with Crippen LogP contribution in [0.25, 0.3) is 0 Å². The minimum Gasteiger partial charge on any atom is -0.328 e. The summed E-state index contributed by atoms with van der Waals surface area (Å²) in [4.78, 5) is 0. The fraction of sp³-hybridized carbons (Fsp3) is 0.800. The zero-order chi connectivity index (χ0) is 13.0. The molecule has 0 radical (unpaired) electrons. The van der Waals surface area contributed by atoms with Crippen molar-refractivity contribution in [3.8, 4) is 0 Å². The second-order valence-electron chi connectivity index (χ2n) is 5.65. The van der Waals surface area contributed by atoms with Crippen molar-refractivity contribution >= 4 is 0 Å². The molecule has 0 saturated heterocycles. The van der Waals surface area contributed by atoms with E-state index in [1.54, 1.807) is 0 Å². The van der Waals surface area contributed by atoms with E-state index in [2.05, 4.69) is 29.7 Å². The molecule has 3 heteroatoms. The quantitative estimate of drug-likeness (QED) is 0.834. The molecule has 0 spiro atoms. The van der Waals surface area contributed by atoms with Gasteiger partial charge in [-0.1, -0.05) is 26.2 Å². The molecule has 1 fully saturated rings. The summed E-state index contributed by atoms with van der Waals surface area (Å²) in [6.07, 6.45) is 8.59. The first-order valence-corrected chi connectivity index (χ1v) is 7.54. The standard InChI is InChI=1S/C15H27N3/c1-3-14-11-15(18(4-2)17-14)10-12-7-5-6-8-13(16)9-12/h11-13H,3-10,16H2,1-2H3. The zero-order valence-electron chi connectivity index (χ0n) is 11.9. The van der Waals surface area contributed by atoms with Gasteiger partial charge in [-0.3, -0.25) is 4.68 Å². The van der Waals surface area contributed by atoms with Crippen LogP contribution in [0.1, 0.15) is 57.3 Å². The van der Waals surface area contributed by atoms with Crippen LogP contribution in [0.3, 0.4) is 0 Å². The average Bonchev–Trinajstić information content (AvgIpc) is 2.64. The van der Waals surface area contributed by atoms with E-state index in [0.717, 1.165) is 25.3 Å². The van der Waals surface area contributed by atoms with E-state index in [1.165, 1.54) is 43.5 Å². The Bertz CT molecular complexity index is 370. The van der Waals surface area contributed by atoms with E-state index in [9.17, 15) is 0 Å². The van der Waals surface area contributed by atoms with Gasteiger partial charge in [0.1, 0.15) is 0 Å². The number of hydrogen-bond acceptors (Lipinski definition) is 2. The first-order chi connectivity index (χ1) is 8.72. The van der Waals surface area contributed by atoms with Gasteiger partial charge in [-0.25, -0.2) is 0 Å². The molecule has 1 aliphatic rings. The number of rotatable bonds is 4. The molecule has 0 bridgehead atoms. The Morgan fingerprint density at radius 1 is 1.33 bits per heavy atom. The van der Waals surface area contributed by atoms with E-state index in [1.807, 2.05) is 0 Å². The third-order valence-corrected chi connectivity index (χ3v) is 4.15. The fourth-order valence-electron chi connectivity index (χ4n) is 3.11. The zero-order valence-corrected chi connectivity index (χ0v) is 11.9. The van der Waals surface area contributed by atoms with E-state index in [-0.39, 0.29) is 0 Å². The number of nitrogens with zero attached hydrogens (tertiary/aromatic N) is 2. The van der Waals surface area contributed by atoms with Gasteiger partial charge >= 0.3 is 0 Å². The SMILES string of the molecule is CCc1cc(CC2CCCCC(N)C2)n(CC)n1. The fourth-order valence-corrected chi connectivity index (χ4v) is 3.11. The first kappa shape index (κ1) is 13.6. The summed E-state index contributed by atoms with van der Waals surface area (Å²) >= 11 is 0. The summed E-state index contributed by atoms with van der Waals surface area (Å²) in [7, 11) is 0. The van der Waals surface area contributed by atoms with Crippen molar-refractivity contribution < 1.29 is 0 Å². The Kier molecular flexibility index (Phi) is 4.81. The second kappa shape index (κ2) is 6.37. The van der Waals surface area contributed by atoms with Gasteiger partial charge in [0, 0.05) is 18.3 Å². The molecule has 102 valence electrons. The van der Waals surface area contributed by atoms with Crippen LogP contribution in [0.2, 0.25) is 0 Å². The smallest absolute Gasteiger partial charge is 0.0624 e. The van der Waals surface area contributed by atoms with Crippen molar-refractivity contribution in [2.24, 2.45) is 11.7 Å². The highest BCUT2D eigenvalue weighted by Crippen LogP contribution is 2.26. The van der Waals surface area contributed by atoms with E-state index < -0.39 is 0 Å². The average molecular weight is 249 g/mol. The Labute approximate surface area is 111 Å². The molecule has 1 saturated carbocycles. The number of aryl methyl sites for hydroxylation is 2. The Hall–Kier alpha value is -0.830. The minimum absolute atomic E-state index is 0.418. The topological polar surface area (TPSA) is 43.8 Å². The van der Waals surface area contributed by atoms with E-state index in [4.69, 9.17) is 5.73 Å². The lowest BCUT2D eigenvalue weighted by atomic mass is 9.93. The lowest BCUT2D eigenvalue weighted by molar-refractivity contribution is 0.417. The maximum Gasteiger partial charge on any atom is 0.0624 e. The van der Waals surface area contributed by atoms with Crippen molar-refractivity contribution in [1.29, 1.82) is 0 Å². The van der Waals surface area contributed by atoms with Gasteiger partial charge in [-0.15, -0.1) is 0 Å².